The number of hydrogen-bond acceptors (Lipinski definition) is 7. The van der Waals surface area contributed by atoms with E-state index in [1.165, 1.54) is 32.5 Å². The molecule has 4 rings (SSSR count). The highest BCUT2D eigenvalue weighted by molar-refractivity contribution is 5.73. The van der Waals surface area contributed by atoms with E-state index >= 15 is 0 Å². The van der Waals surface area contributed by atoms with Gasteiger partial charge in [-0.15, -0.1) is 0 Å². The number of piperidine rings is 1. The summed E-state index contributed by atoms with van der Waals surface area (Å²) < 4.78 is 75.3. The Kier molecular flexibility index (Phi) is 12.4. The first kappa shape index (κ1) is 32.7. The summed E-state index contributed by atoms with van der Waals surface area (Å²) in [5, 5.41) is 14.2. The standard InChI is InChI=1S/C20H31N3O2.2C2HF3O2/c1-2-8-21-19(3-1)16-23-11-14-25-20(17-23)6-9-22(10-7-20)15-18-4-12-24-13-5-18;2*3-2(4,5)1(6)7/h1-3,8,18H,4-7,9-17H2;2*(H,6,7). The van der Waals surface area contributed by atoms with Crippen molar-refractivity contribution < 1.29 is 55.6 Å². The third kappa shape index (κ3) is 12.1. The number of rotatable bonds is 4. The molecule has 0 atom stereocenters. The van der Waals surface area contributed by atoms with Crippen LogP contribution >= 0.6 is 0 Å². The van der Waals surface area contributed by atoms with Crippen LogP contribution in [0.1, 0.15) is 31.4 Å². The zero-order chi connectivity index (χ0) is 29.1. The van der Waals surface area contributed by atoms with Crippen molar-refractivity contribution in [2.24, 2.45) is 5.92 Å². The average Bonchev–Trinajstić information content (AvgIpc) is 2.87. The second kappa shape index (κ2) is 14.8. The summed E-state index contributed by atoms with van der Waals surface area (Å²) in [6, 6.07) is 6.18. The molecule has 222 valence electrons. The lowest BCUT2D eigenvalue weighted by atomic mass is 9.88. The molecule has 3 saturated heterocycles. The largest absolute Gasteiger partial charge is 0.490 e. The number of carbonyl (C=O) groups is 2. The summed E-state index contributed by atoms with van der Waals surface area (Å²) >= 11 is 0. The summed E-state index contributed by atoms with van der Waals surface area (Å²) in [6.07, 6.45) is -3.49. The van der Waals surface area contributed by atoms with Gasteiger partial charge in [0.25, 0.3) is 0 Å². The molecule has 1 aromatic heterocycles. The van der Waals surface area contributed by atoms with E-state index < -0.39 is 24.3 Å². The number of morpholine rings is 1. The normalized spacial score (nSPS) is 20.8. The molecule has 3 aliphatic heterocycles. The highest BCUT2D eigenvalue weighted by atomic mass is 19.4. The summed E-state index contributed by atoms with van der Waals surface area (Å²) in [7, 11) is 0. The Balaban J connectivity index is 0.000000317. The monoisotopic (exact) mass is 573 g/mol. The Hall–Kier alpha value is -2.49. The first-order valence-electron chi connectivity index (χ1n) is 12.4. The lowest BCUT2D eigenvalue weighted by molar-refractivity contribution is -0.193. The maximum atomic E-state index is 10.6. The van der Waals surface area contributed by atoms with E-state index in [1.54, 1.807) is 0 Å². The third-order valence-electron chi connectivity index (χ3n) is 6.55. The van der Waals surface area contributed by atoms with Crippen LogP contribution in [-0.4, -0.2) is 107 Å². The van der Waals surface area contributed by atoms with Crippen LogP contribution in [0.4, 0.5) is 26.3 Å². The number of alkyl halides is 6. The predicted octanol–water partition coefficient (Wildman–Crippen LogP) is 3.44. The minimum Gasteiger partial charge on any atom is -0.475 e. The van der Waals surface area contributed by atoms with Crippen LogP contribution in [0.15, 0.2) is 24.4 Å². The Morgan fingerprint density at radius 1 is 0.923 bits per heavy atom. The first-order chi connectivity index (χ1) is 18.2. The minimum absolute atomic E-state index is 0.0687. The van der Waals surface area contributed by atoms with Crippen molar-refractivity contribution in [2.45, 2.75) is 50.2 Å². The maximum Gasteiger partial charge on any atom is 0.490 e. The Morgan fingerprint density at radius 2 is 1.49 bits per heavy atom. The number of nitrogens with zero attached hydrogens (tertiary/aromatic N) is 3. The Bertz CT molecular complexity index is 865. The van der Waals surface area contributed by atoms with E-state index in [0.29, 0.717) is 0 Å². The van der Waals surface area contributed by atoms with Crippen molar-refractivity contribution in [3.63, 3.8) is 0 Å². The number of likely N-dealkylation sites (tertiary alicyclic amines) is 1. The molecule has 1 aromatic rings. The molecule has 1 spiro atoms. The van der Waals surface area contributed by atoms with Gasteiger partial charge in [-0.3, -0.25) is 9.88 Å². The van der Waals surface area contributed by atoms with Crippen molar-refractivity contribution in [3.05, 3.63) is 30.1 Å². The number of carboxylic acids is 2. The molecule has 0 aliphatic carbocycles. The second-order valence-corrected chi connectivity index (χ2v) is 9.53. The molecule has 9 nitrogen and oxygen atoms in total. The average molecular weight is 574 g/mol. The molecule has 15 heteroatoms. The zero-order valence-electron chi connectivity index (χ0n) is 21.2. The van der Waals surface area contributed by atoms with Gasteiger partial charge in [0.1, 0.15) is 0 Å². The second-order valence-electron chi connectivity index (χ2n) is 9.53. The summed E-state index contributed by atoms with van der Waals surface area (Å²) in [6.45, 7) is 9.37. The topological polar surface area (TPSA) is 112 Å². The molecular formula is C24H33F6N3O6. The van der Waals surface area contributed by atoms with Crippen LogP contribution in [0.25, 0.3) is 0 Å². The molecule has 2 N–H and O–H groups in total. The highest BCUT2D eigenvalue weighted by Crippen LogP contribution is 2.31. The number of halogens is 6. The number of carboxylic acid groups (broad SMARTS) is 2. The summed E-state index contributed by atoms with van der Waals surface area (Å²) in [4.78, 5) is 27.5. The number of ether oxygens (including phenoxy) is 2. The molecule has 0 bridgehead atoms. The fourth-order valence-electron chi connectivity index (χ4n) is 4.52. The van der Waals surface area contributed by atoms with Crippen molar-refractivity contribution >= 4 is 11.9 Å². The molecule has 0 unspecified atom stereocenters. The highest BCUT2D eigenvalue weighted by Gasteiger charge is 2.40. The smallest absolute Gasteiger partial charge is 0.475 e. The van der Waals surface area contributed by atoms with E-state index in [0.717, 1.165) is 63.9 Å². The fraction of sp³-hybridized carbons (Fsp3) is 0.708. The van der Waals surface area contributed by atoms with Gasteiger partial charge in [0.2, 0.25) is 0 Å². The Labute approximate surface area is 221 Å². The fourth-order valence-corrected chi connectivity index (χ4v) is 4.52. The quantitative estimate of drug-likeness (QED) is 0.523. The molecular weight excluding hydrogens is 540 g/mol. The number of aliphatic carboxylic acids is 2. The SMILES string of the molecule is O=C(O)C(F)(F)F.O=C(O)C(F)(F)F.c1ccc(CN2CCOC3(CCN(CC4CCOCC4)CC3)C2)nc1. The zero-order valence-corrected chi connectivity index (χ0v) is 21.2. The molecule has 4 heterocycles. The van der Waals surface area contributed by atoms with Crippen LogP contribution in [0.3, 0.4) is 0 Å². The summed E-state index contributed by atoms with van der Waals surface area (Å²) in [5.41, 5.74) is 1.23. The molecule has 39 heavy (non-hydrogen) atoms. The van der Waals surface area contributed by atoms with Crippen molar-refractivity contribution in [1.82, 2.24) is 14.8 Å². The van der Waals surface area contributed by atoms with E-state index in [2.05, 4.69) is 26.9 Å². The van der Waals surface area contributed by atoms with Crippen molar-refractivity contribution in [3.8, 4) is 0 Å². The van der Waals surface area contributed by atoms with Gasteiger partial charge < -0.3 is 24.6 Å². The van der Waals surface area contributed by atoms with Gasteiger partial charge in [-0.1, -0.05) is 6.07 Å². The van der Waals surface area contributed by atoms with Gasteiger partial charge in [0, 0.05) is 58.7 Å². The first-order valence-corrected chi connectivity index (χ1v) is 12.4. The summed E-state index contributed by atoms with van der Waals surface area (Å²) in [5.74, 6) is -4.68. The molecule has 3 fully saturated rings. The molecule has 0 aromatic carbocycles. The van der Waals surface area contributed by atoms with Crippen molar-refractivity contribution in [1.29, 1.82) is 0 Å². The molecule has 0 radical (unpaired) electrons. The molecule has 0 amide bonds. The van der Waals surface area contributed by atoms with Crippen LogP contribution < -0.4 is 0 Å². The number of pyridine rings is 1. The van der Waals surface area contributed by atoms with E-state index in [1.807, 2.05) is 12.3 Å². The van der Waals surface area contributed by atoms with Crippen LogP contribution in [0, 0.1) is 5.92 Å². The van der Waals surface area contributed by atoms with Crippen LogP contribution in [0.5, 0.6) is 0 Å². The van der Waals surface area contributed by atoms with Gasteiger partial charge >= 0.3 is 24.3 Å². The third-order valence-corrected chi connectivity index (χ3v) is 6.55. The molecule has 0 saturated carbocycles. The van der Waals surface area contributed by atoms with Crippen LogP contribution in [0.2, 0.25) is 0 Å². The minimum atomic E-state index is -5.08. The Morgan fingerprint density at radius 3 is 1.97 bits per heavy atom. The van der Waals surface area contributed by atoms with Gasteiger partial charge in [0.15, 0.2) is 0 Å². The van der Waals surface area contributed by atoms with E-state index in [4.69, 9.17) is 29.3 Å². The lowest BCUT2D eigenvalue weighted by Crippen LogP contribution is -2.57. The molecule has 3 aliphatic rings. The van der Waals surface area contributed by atoms with Gasteiger partial charge in [-0.05, 0) is 43.7 Å². The van der Waals surface area contributed by atoms with Gasteiger partial charge in [-0.25, -0.2) is 9.59 Å². The van der Waals surface area contributed by atoms with E-state index in [9.17, 15) is 26.3 Å². The number of hydrogen-bond donors (Lipinski definition) is 2. The van der Waals surface area contributed by atoms with E-state index in [-0.39, 0.29) is 5.60 Å². The number of aromatic nitrogens is 1. The predicted molar refractivity (Wildman–Crippen MR) is 125 cm³/mol. The van der Waals surface area contributed by atoms with Gasteiger partial charge in [-0.2, -0.15) is 26.3 Å². The van der Waals surface area contributed by atoms with Gasteiger partial charge in [0.05, 0.1) is 17.9 Å². The van der Waals surface area contributed by atoms with Crippen LogP contribution in [-0.2, 0) is 25.6 Å². The lowest BCUT2D eigenvalue weighted by Gasteiger charge is -2.47. The van der Waals surface area contributed by atoms with Crippen molar-refractivity contribution in [2.75, 3.05) is 52.5 Å². The maximum absolute atomic E-state index is 10.6.